The van der Waals surface area contributed by atoms with Crippen LogP contribution in [-0.4, -0.2) is 37.0 Å². The SMILES string of the molecule is CN(C(=O)Cc1ccsc1)[C@H]1CCCNC1.Cl. The van der Waals surface area contributed by atoms with Crippen molar-refractivity contribution in [3.05, 3.63) is 22.4 Å². The summed E-state index contributed by atoms with van der Waals surface area (Å²) in [6, 6.07) is 2.40. The zero-order valence-electron chi connectivity index (χ0n) is 10.0. The van der Waals surface area contributed by atoms with Gasteiger partial charge in [-0.25, -0.2) is 0 Å². The molecule has 1 atom stereocenters. The molecule has 1 aliphatic rings. The number of carbonyl (C=O) groups is 1. The average molecular weight is 275 g/mol. The van der Waals surface area contributed by atoms with Crippen molar-refractivity contribution in [3.8, 4) is 0 Å². The molecular weight excluding hydrogens is 256 g/mol. The summed E-state index contributed by atoms with van der Waals surface area (Å²) in [5, 5.41) is 7.40. The molecule has 3 nitrogen and oxygen atoms in total. The fourth-order valence-electron chi connectivity index (χ4n) is 2.06. The fraction of sp³-hybridized carbons (Fsp3) is 0.583. The molecular formula is C12H19ClN2OS. The Morgan fingerprint density at radius 2 is 2.47 bits per heavy atom. The summed E-state index contributed by atoms with van der Waals surface area (Å²) in [5.41, 5.74) is 1.13. The van der Waals surface area contributed by atoms with E-state index in [1.165, 1.54) is 6.42 Å². The maximum Gasteiger partial charge on any atom is 0.227 e. The van der Waals surface area contributed by atoms with Crippen LogP contribution in [0.15, 0.2) is 16.8 Å². The highest BCUT2D eigenvalue weighted by atomic mass is 35.5. The van der Waals surface area contributed by atoms with Crippen LogP contribution in [0.25, 0.3) is 0 Å². The molecule has 1 N–H and O–H groups in total. The first-order chi connectivity index (χ1) is 7.77. The lowest BCUT2D eigenvalue weighted by atomic mass is 10.1. The standard InChI is InChI=1S/C12H18N2OS.ClH/c1-14(11-3-2-5-13-8-11)12(15)7-10-4-6-16-9-10;/h4,6,9,11,13H,2-3,5,7-8H2,1H3;1H/t11-;/m0./s1. The molecule has 5 heteroatoms. The number of halogens is 1. The lowest BCUT2D eigenvalue weighted by Crippen LogP contribution is -2.47. The Labute approximate surface area is 113 Å². The summed E-state index contributed by atoms with van der Waals surface area (Å²) in [4.78, 5) is 13.9. The van der Waals surface area contributed by atoms with Gasteiger partial charge in [0.05, 0.1) is 6.42 Å². The lowest BCUT2D eigenvalue weighted by molar-refractivity contribution is -0.131. The van der Waals surface area contributed by atoms with Crippen LogP contribution in [0.2, 0.25) is 0 Å². The predicted octanol–water partition coefficient (Wildman–Crippen LogP) is 1.92. The number of hydrogen-bond donors (Lipinski definition) is 1. The Morgan fingerprint density at radius 3 is 3.06 bits per heavy atom. The normalized spacial score (nSPS) is 19.5. The maximum absolute atomic E-state index is 12.0. The van der Waals surface area contributed by atoms with Crippen LogP contribution in [0.3, 0.4) is 0 Å². The predicted molar refractivity (Wildman–Crippen MR) is 73.9 cm³/mol. The zero-order chi connectivity index (χ0) is 11.4. The molecule has 96 valence electrons. The van der Waals surface area contributed by atoms with Crippen molar-refractivity contribution < 1.29 is 4.79 Å². The molecule has 0 aliphatic carbocycles. The average Bonchev–Trinajstić information content (AvgIpc) is 2.82. The molecule has 1 aliphatic heterocycles. The summed E-state index contributed by atoms with van der Waals surface area (Å²) >= 11 is 1.65. The second kappa shape index (κ2) is 6.99. The van der Waals surface area contributed by atoms with Crippen molar-refractivity contribution in [3.63, 3.8) is 0 Å². The van der Waals surface area contributed by atoms with Crippen LogP contribution in [0.1, 0.15) is 18.4 Å². The van der Waals surface area contributed by atoms with Crippen LogP contribution in [0.4, 0.5) is 0 Å². The molecule has 1 aromatic rings. The number of piperidine rings is 1. The molecule has 1 aromatic heterocycles. The summed E-state index contributed by atoms with van der Waals surface area (Å²) in [7, 11) is 1.92. The third-order valence-electron chi connectivity index (χ3n) is 3.15. The lowest BCUT2D eigenvalue weighted by Gasteiger charge is -2.31. The Bertz CT molecular complexity index is 336. The van der Waals surface area contributed by atoms with Crippen LogP contribution >= 0.6 is 23.7 Å². The second-order valence-electron chi connectivity index (χ2n) is 4.31. The van der Waals surface area contributed by atoms with E-state index in [2.05, 4.69) is 5.32 Å². The second-order valence-corrected chi connectivity index (χ2v) is 5.09. The molecule has 0 bridgehead atoms. The third kappa shape index (κ3) is 3.98. The smallest absolute Gasteiger partial charge is 0.227 e. The maximum atomic E-state index is 12.0. The molecule has 0 aromatic carbocycles. The van der Waals surface area contributed by atoms with Gasteiger partial charge in [-0.05, 0) is 41.8 Å². The highest BCUT2D eigenvalue weighted by molar-refractivity contribution is 7.07. The molecule has 0 spiro atoms. The van der Waals surface area contributed by atoms with E-state index < -0.39 is 0 Å². The first-order valence-corrected chi connectivity index (χ1v) is 6.69. The van der Waals surface area contributed by atoms with E-state index in [1.54, 1.807) is 11.3 Å². The van der Waals surface area contributed by atoms with Gasteiger partial charge < -0.3 is 10.2 Å². The van der Waals surface area contributed by atoms with Gasteiger partial charge in [-0.3, -0.25) is 4.79 Å². The Balaban J connectivity index is 0.00000144. The molecule has 17 heavy (non-hydrogen) atoms. The van der Waals surface area contributed by atoms with E-state index in [-0.39, 0.29) is 18.3 Å². The number of carbonyl (C=O) groups excluding carboxylic acids is 1. The van der Waals surface area contributed by atoms with Crippen LogP contribution in [-0.2, 0) is 11.2 Å². The molecule has 1 saturated heterocycles. The summed E-state index contributed by atoms with van der Waals surface area (Å²) in [6.07, 6.45) is 2.83. The van der Waals surface area contributed by atoms with E-state index in [4.69, 9.17) is 0 Å². The molecule has 1 fully saturated rings. The summed E-state index contributed by atoms with van der Waals surface area (Å²) in [6.45, 7) is 2.02. The van der Waals surface area contributed by atoms with Gasteiger partial charge >= 0.3 is 0 Å². The Kier molecular flexibility index (Phi) is 5.95. The van der Waals surface area contributed by atoms with Crippen LogP contribution in [0.5, 0.6) is 0 Å². The van der Waals surface area contributed by atoms with Crippen molar-refractivity contribution in [2.75, 3.05) is 20.1 Å². The fourth-order valence-corrected chi connectivity index (χ4v) is 2.73. The van der Waals surface area contributed by atoms with Gasteiger partial charge in [-0.15, -0.1) is 12.4 Å². The number of rotatable bonds is 3. The van der Waals surface area contributed by atoms with E-state index >= 15 is 0 Å². The number of nitrogens with one attached hydrogen (secondary N) is 1. The van der Waals surface area contributed by atoms with Crippen LogP contribution < -0.4 is 5.32 Å². The molecule has 0 saturated carbocycles. The minimum absolute atomic E-state index is 0. The van der Waals surface area contributed by atoms with Crippen molar-refractivity contribution >= 4 is 29.7 Å². The van der Waals surface area contributed by atoms with Gasteiger partial charge in [0.1, 0.15) is 0 Å². The minimum atomic E-state index is 0. The number of thiophene rings is 1. The minimum Gasteiger partial charge on any atom is -0.341 e. The topological polar surface area (TPSA) is 32.3 Å². The highest BCUT2D eigenvalue weighted by Crippen LogP contribution is 2.12. The number of amides is 1. The number of hydrogen-bond acceptors (Lipinski definition) is 3. The first kappa shape index (κ1) is 14.5. The van der Waals surface area contributed by atoms with E-state index in [9.17, 15) is 4.79 Å². The largest absolute Gasteiger partial charge is 0.341 e. The first-order valence-electron chi connectivity index (χ1n) is 5.75. The molecule has 1 amide bonds. The molecule has 0 radical (unpaired) electrons. The monoisotopic (exact) mass is 274 g/mol. The molecule has 0 unspecified atom stereocenters. The third-order valence-corrected chi connectivity index (χ3v) is 3.88. The van der Waals surface area contributed by atoms with Crippen molar-refractivity contribution in [2.24, 2.45) is 0 Å². The molecule has 2 rings (SSSR count). The van der Waals surface area contributed by atoms with Gasteiger partial charge in [-0.2, -0.15) is 11.3 Å². The number of nitrogens with zero attached hydrogens (tertiary/aromatic N) is 1. The summed E-state index contributed by atoms with van der Waals surface area (Å²) in [5.74, 6) is 0.229. The van der Waals surface area contributed by atoms with Gasteiger partial charge in [0.15, 0.2) is 0 Å². The molecule has 2 heterocycles. The zero-order valence-corrected chi connectivity index (χ0v) is 11.6. The van der Waals surface area contributed by atoms with Gasteiger partial charge in [0.2, 0.25) is 5.91 Å². The van der Waals surface area contributed by atoms with E-state index in [0.29, 0.717) is 12.5 Å². The van der Waals surface area contributed by atoms with Gasteiger partial charge in [0, 0.05) is 19.6 Å². The Hall–Kier alpha value is -0.580. The quantitative estimate of drug-likeness (QED) is 0.913. The van der Waals surface area contributed by atoms with E-state index in [0.717, 1.165) is 25.1 Å². The van der Waals surface area contributed by atoms with Crippen molar-refractivity contribution in [2.45, 2.75) is 25.3 Å². The van der Waals surface area contributed by atoms with Crippen molar-refractivity contribution in [1.82, 2.24) is 10.2 Å². The Morgan fingerprint density at radius 1 is 1.65 bits per heavy atom. The van der Waals surface area contributed by atoms with Crippen LogP contribution in [0, 0.1) is 0 Å². The van der Waals surface area contributed by atoms with Crippen molar-refractivity contribution in [1.29, 1.82) is 0 Å². The summed E-state index contributed by atoms with van der Waals surface area (Å²) < 4.78 is 0. The van der Waals surface area contributed by atoms with E-state index in [1.807, 2.05) is 28.8 Å². The number of likely N-dealkylation sites (N-methyl/N-ethyl adjacent to an activating group) is 1. The van der Waals surface area contributed by atoms with Gasteiger partial charge in [-0.1, -0.05) is 0 Å². The van der Waals surface area contributed by atoms with Gasteiger partial charge in [0.25, 0.3) is 0 Å². The highest BCUT2D eigenvalue weighted by Gasteiger charge is 2.21.